The standard InChI is InChI=1S/C16H20N4O4S.ClH/c1-11-15(12(2)24-18-11)25(22,23)20-9-7-19(8-10-20)16(21)13-5-3-4-6-14(13)17;/h3-6H,7-10,17H2,1-2H3;1H. The Labute approximate surface area is 158 Å². The molecule has 1 aliphatic heterocycles. The van der Waals surface area contributed by atoms with Gasteiger partial charge in [0.1, 0.15) is 10.6 Å². The van der Waals surface area contributed by atoms with Crippen molar-refractivity contribution in [3.05, 3.63) is 41.3 Å². The van der Waals surface area contributed by atoms with Gasteiger partial charge >= 0.3 is 0 Å². The number of sulfonamides is 1. The highest BCUT2D eigenvalue weighted by Crippen LogP contribution is 2.24. The zero-order chi connectivity index (χ0) is 18.2. The van der Waals surface area contributed by atoms with Crippen molar-refractivity contribution in [1.29, 1.82) is 0 Å². The number of hydrogen-bond acceptors (Lipinski definition) is 6. The number of anilines is 1. The summed E-state index contributed by atoms with van der Waals surface area (Å²) in [6, 6.07) is 6.86. The van der Waals surface area contributed by atoms with Crippen LogP contribution in [-0.2, 0) is 10.0 Å². The van der Waals surface area contributed by atoms with E-state index in [1.165, 1.54) is 4.31 Å². The number of piperazine rings is 1. The highest BCUT2D eigenvalue weighted by Gasteiger charge is 2.34. The third-order valence-electron chi connectivity index (χ3n) is 4.28. The monoisotopic (exact) mass is 400 g/mol. The van der Waals surface area contributed by atoms with Crippen LogP contribution in [0.2, 0.25) is 0 Å². The van der Waals surface area contributed by atoms with Crippen LogP contribution in [0.25, 0.3) is 0 Å². The Morgan fingerprint density at radius 2 is 1.77 bits per heavy atom. The molecule has 1 fully saturated rings. The van der Waals surface area contributed by atoms with E-state index in [4.69, 9.17) is 10.3 Å². The number of aryl methyl sites for hydroxylation is 2. The molecule has 0 aliphatic carbocycles. The Morgan fingerprint density at radius 1 is 1.15 bits per heavy atom. The first-order valence-electron chi connectivity index (χ1n) is 7.89. The SMILES string of the molecule is Cc1noc(C)c1S(=O)(=O)N1CCN(C(=O)c2ccccc2N)CC1.Cl. The molecule has 0 unspecified atom stereocenters. The van der Waals surface area contributed by atoms with Crippen LogP contribution in [0.3, 0.4) is 0 Å². The summed E-state index contributed by atoms with van der Waals surface area (Å²) in [5, 5.41) is 3.71. The number of carbonyl (C=O) groups is 1. The van der Waals surface area contributed by atoms with Gasteiger partial charge in [-0.05, 0) is 26.0 Å². The normalized spacial score (nSPS) is 15.5. The van der Waals surface area contributed by atoms with Gasteiger partial charge in [-0.25, -0.2) is 8.42 Å². The molecular formula is C16H21ClN4O4S. The molecule has 1 aromatic carbocycles. The topological polar surface area (TPSA) is 110 Å². The zero-order valence-electron chi connectivity index (χ0n) is 14.5. The van der Waals surface area contributed by atoms with Gasteiger partial charge in [-0.1, -0.05) is 17.3 Å². The number of carbonyl (C=O) groups excluding carboxylic acids is 1. The molecule has 3 rings (SSSR count). The molecule has 10 heteroatoms. The number of benzene rings is 1. The minimum Gasteiger partial charge on any atom is -0.398 e. The third-order valence-corrected chi connectivity index (χ3v) is 6.43. The van der Waals surface area contributed by atoms with Crippen molar-refractivity contribution in [2.24, 2.45) is 0 Å². The smallest absolute Gasteiger partial charge is 0.256 e. The van der Waals surface area contributed by atoms with Gasteiger partial charge in [0.15, 0.2) is 5.76 Å². The predicted molar refractivity (Wildman–Crippen MR) is 98.7 cm³/mol. The lowest BCUT2D eigenvalue weighted by atomic mass is 10.1. The molecule has 0 bridgehead atoms. The molecule has 1 aromatic heterocycles. The summed E-state index contributed by atoms with van der Waals surface area (Å²) in [6.45, 7) is 4.20. The summed E-state index contributed by atoms with van der Waals surface area (Å²) in [5.74, 6) is 0.0838. The molecular weight excluding hydrogens is 380 g/mol. The lowest BCUT2D eigenvalue weighted by Gasteiger charge is -2.34. The highest BCUT2D eigenvalue weighted by atomic mass is 35.5. The maximum Gasteiger partial charge on any atom is 0.256 e. The van der Waals surface area contributed by atoms with Crippen LogP contribution in [-0.4, -0.2) is 54.9 Å². The number of aromatic nitrogens is 1. The molecule has 8 nitrogen and oxygen atoms in total. The van der Waals surface area contributed by atoms with Crippen molar-refractivity contribution in [2.75, 3.05) is 31.9 Å². The number of hydrogen-bond donors (Lipinski definition) is 1. The summed E-state index contributed by atoms with van der Waals surface area (Å²) >= 11 is 0. The second-order valence-electron chi connectivity index (χ2n) is 5.94. The molecule has 0 saturated carbocycles. The fraction of sp³-hybridized carbons (Fsp3) is 0.375. The fourth-order valence-electron chi connectivity index (χ4n) is 2.97. The van der Waals surface area contributed by atoms with Crippen molar-refractivity contribution in [3.8, 4) is 0 Å². The third kappa shape index (κ3) is 3.55. The second-order valence-corrected chi connectivity index (χ2v) is 7.81. The lowest BCUT2D eigenvalue weighted by molar-refractivity contribution is 0.0699. The highest BCUT2D eigenvalue weighted by molar-refractivity contribution is 7.89. The van der Waals surface area contributed by atoms with Crippen molar-refractivity contribution < 1.29 is 17.7 Å². The fourth-order valence-corrected chi connectivity index (χ4v) is 4.68. The van der Waals surface area contributed by atoms with Crippen molar-refractivity contribution in [2.45, 2.75) is 18.7 Å². The average Bonchev–Trinajstić information content (AvgIpc) is 2.94. The molecule has 142 valence electrons. The summed E-state index contributed by atoms with van der Waals surface area (Å²) in [6.07, 6.45) is 0. The molecule has 26 heavy (non-hydrogen) atoms. The first-order valence-corrected chi connectivity index (χ1v) is 9.33. The van der Waals surface area contributed by atoms with Crippen LogP contribution in [0.1, 0.15) is 21.8 Å². The number of para-hydroxylation sites is 1. The van der Waals surface area contributed by atoms with Crippen LogP contribution in [0.15, 0.2) is 33.7 Å². The minimum absolute atomic E-state index is 0. The van der Waals surface area contributed by atoms with Gasteiger partial charge < -0.3 is 15.2 Å². The summed E-state index contributed by atoms with van der Waals surface area (Å²) in [4.78, 5) is 14.3. The van der Waals surface area contributed by atoms with Crippen LogP contribution < -0.4 is 5.73 Å². The number of nitrogens with two attached hydrogens (primary N) is 1. The van der Waals surface area contributed by atoms with E-state index in [2.05, 4.69) is 5.16 Å². The van der Waals surface area contributed by atoms with Gasteiger partial charge in [0.05, 0.1) is 5.56 Å². The molecule has 2 heterocycles. The average molecular weight is 401 g/mol. The van der Waals surface area contributed by atoms with Crippen molar-refractivity contribution >= 4 is 34.0 Å². The molecule has 1 amide bonds. The number of nitrogens with zero attached hydrogens (tertiary/aromatic N) is 3. The van der Waals surface area contributed by atoms with Crippen LogP contribution in [0.5, 0.6) is 0 Å². The van der Waals surface area contributed by atoms with Gasteiger partial charge in [0.2, 0.25) is 10.0 Å². The summed E-state index contributed by atoms with van der Waals surface area (Å²) in [7, 11) is -3.69. The van der Waals surface area contributed by atoms with E-state index < -0.39 is 10.0 Å². The lowest BCUT2D eigenvalue weighted by Crippen LogP contribution is -2.50. The van der Waals surface area contributed by atoms with Gasteiger partial charge in [0.25, 0.3) is 5.91 Å². The maximum atomic E-state index is 12.8. The van der Waals surface area contributed by atoms with E-state index in [9.17, 15) is 13.2 Å². The van der Waals surface area contributed by atoms with E-state index in [1.54, 1.807) is 43.0 Å². The quantitative estimate of drug-likeness (QED) is 0.780. The maximum absolute atomic E-state index is 12.8. The van der Waals surface area contributed by atoms with E-state index >= 15 is 0 Å². The first-order chi connectivity index (χ1) is 11.8. The Balaban J connectivity index is 0.00000243. The number of rotatable bonds is 3. The molecule has 0 radical (unpaired) electrons. The van der Waals surface area contributed by atoms with Gasteiger partial charge in [-0.15, -0.1) is 12.4 Å². The Hall–Kier alpha value is -2.10. The minimum atomic E-state index is -3.69. The van der Waals surface area contributed by atoms with Crippen LogP contribution in [0, 0.1) is 13.8 Å². The van der Waals surface area contributed by atoms with Gasteiger partial charge in [-0.2, -0.15) is 4.31 Å². The molecule has 1 saturated heterocycles. The summed E-state index contributed by atoms with van der Waals surface area (Å²) < 4.78 is 31.9. The zero-order valence-corrected chi connectivity index (χ0v) is 16.1. The molecule has 0 atom stereocenters. The largest absolute Gasteiger partial charge is 0.398 e. The van der Waals surface area contributed by atoms with Gasteiger partial charge in [-0.3, -0.25) is 4.79 Å². The molecule has 1 aliphatic rings. The number of amides is 1. The van der Waals surface area contributed by atoms with Gasteiger partial charge in [0, 0.05) is 31.9 Å². The van der Waals surface area contributed by atoms with E-state index in [1.807, 2.05) is 0 Å². The van der Waals surface area contributed by atoms with E-state index in [-0.39, 0.29) is 42.1 Å². The van der Waals surface area contributed by atoms with Crippen LogP contribution >= 0.6 is 12.4 Å². The molecule has 2 aromatic rings. The Morgan fingerprint density at radius 3 is 2.31 bits per heavy atom. The summed E-state index contributed by atoms with van der Waals surface area (Å²) in [5.41, 5.74) is 7.04. The number of nitrogen functional groups attached to an aromatic ring is 1. The Kier molecular flexibility index (Phi) is 5.94. The Bertz CT molecular complexity index is 885. The van der Waals surface area contributed by atoms with Crippen molar-refractivity contribution in [3.63, 3.8) is 0 Å². The predicted octanol–water partition coefficient (Wildman–Crippen LogP) is 1.44. The molecule has 0 spiro atoms. The molecule has 2 N–H and O–H groups in total. The van der Waals surface area contributed by atoms with E-state index in [0.29, 0.717) is 30.0 Å². The van der Waals surface area contributed by atoms with E-state index in [0.717, 1.165) is 0 Å². The van der Waals surface area contributed by atoms with Crippen molar-refractivity contribution in [1.82, 2.24) is 14.4 Å². The first kappa shape index (κ1) is 20.2. The second kappa shape index (κ2) is 7.65. The number of halogens is 1. The van der Waals surface area contributed by atoms with Crippen LogP contribution in [0.4, 0.5) is 5.69 Å².